The first-order chi connectivity index (χ1) is 12.1. The van der Waals surface area contributed by atoms with E-state index in [1.807, 2.05) is 29.2 Å². The number of carbonyl (C=O) groups excluding carboxylic acids is 1. The number of aromatic nitrogens is 1. The number of aryl methyl sites for hydroxylation is 2. The maximum Gasteiger partial charge on any atom is 0.254 e. The Labute approximate surface area is 149 Å². The van der Waals surface area contributed by atoms with E-state index in [1.54, 1.807) is 7.11 Å². The van der Waals surface area contributed by atoms with Gasteiger partial charge in [-0.2, -0.15) is 0 Å². The molecule has 1 aliphatic rings. The summed E-state index contributed by atoms with van der Waals surface area (Å²) in [5.74, 6) is 0.817. The average molecular weight is 341 g/mol. The second-order valence-electron chi connectivity index (χ2n) is 6.63. The van der Waals surface area contributed by atoms with Crippen molar-refractivity contribution in [3.63, 3.8) is 0 Å². The van der Waals surface area contributed by atoms with Gasteiger partial charge in [-0.1, -0.05) is 6.07 Å². The van der Waals surface area contributed by atoms with Gasteiger partial charge in [0.15, 0.2) is 0 Å². The number of rotatable bonds is 5. The Morgan fingerprint density at radius 1 is 1.00 bits per heavy atom. The van der Waals surface area contributed by atoms with Crippen LogP contribution in [0.15, 0.2) is 36.4 Å². The summed E-state index contributed by atoms with van der Waals surface area (Å²) >= 11 is 0. The first-order valence-electron chi connectivity index (χ1n) is 8.87. The molecular formula is C20H27N3O2. The molecule has 1 aromatic carbocycles. The second-order valence-corrected chi connectivity index (χ2v) is 6.63. The molecule has 1 amide bonds. The Balaban J connectivity index is 1.52. The number of methoxy groups -OCH3 is 1. The molecule has 25 heavy (non-hydrogen) atoms. The predicted octanol–water partition coefficient (Wildman–Crippen LogP) is 2.57. The molecule has 5 heteroatoms. The van der Waals surface area contributed by atoms with Gasteiger partial charge in [0, 0.05) is 56.2 Å². The standard InChI is InChI=1S/C20H27N3O2/c1-16-7-8-17(2)23(16)14-11-21-9-12-22(13-10-21)20(24)18-5-4-6-19(15-18)25-3/h4-8,15H,9-14H2,1-3H3. The average Bonchev–Trinajstić information content (AvgIpc) is 2.97. The molecule has 0 bridgehead atoms. The van der Waals surface area contributed by atoms with E-state index >= 15 is 0 Å². The SMILES string of the molecule is COc1cccc(C(=O)N2CCN(CCn3c(C)ccc3C)CC2)c1. The number of hydrogen-bond donors (Lipinski definition) is 0. The van der Waals surface area contributed by atoms with E-state index in [4.69, 9.17) is 4.74 Å². The van der Waals surface area contributed by atoms with Crippen LogP contribution < -0.4 is 4.74 Å². The maximum absolute atomic E-state index is 12.7. The van der Waals surface area contributed by atoms with Crippen LogP contribution in [0.2, 0.25) is 0 Å². The third-order valence-corrected chi connectivity index (χ3v) is 5.03. The highest BCUT2D eigenvalue weighted by Crippen LogP contribution is 2.16. The number of piperazine rings is 1. The van der Waals surface area contributed by atoms with E-state index < -0.39 is 0 Å². The zero-order valence-electron chi connectivity index (χ0n) is 15.4. The molecule has 134 valence electrons. The molecule has 0 saturated carbocycles. The lowest BCUT2D eigenvalue weighted by atomic mass is 10.1. The zero-order chi connectivity index (χ0) is 17.8. The minimum Gasteiger partial charge on any atom is -0.497 e. The van der Waals surface area contributed by atoms with Crippen molar-refractivity contribution in [1.29, 1.82) is 0 Å². The van der Waals surface area contributed by atoms with Crippen LogP contribution in [-0.2, 0) is 6.54 Å². The van der Waals surface area contributed by atoms with Gasteiger partial charge in [0.25, 0.3) is 5.91 Å². The highest BCUT2D eigenvalue weighted by molar-refractivity contribution is 5.94. The quantitative estimate of drug-likeness (QED) is 0.839. The topological polar surface area (TPSA) is 37.7 Å². The van der Waals surface area contributed by atoms with Crippen LogP contribution in [0.1, 0.15) is 21.7 Å². The van der Waals surface area contributed by atoms with Gasteiger partial charge < -0.3 is 14.2 Å². The number of ether oxygens (including phenoxy) is 1. The van der Waals surface area contributed by atoms with Gasteiger partial charge in [-0.3, -0.25) is 9.69 Å². The fourth-order valence-electron chi connectivity index (χ4n) is 3.41. The number of hydrogen-bond acceptors (Lipinski definition) is 3. The van der Waals surface area contributed by atoms with Crippen molar-refractivity contribution in [2.45, 2.75) is 20.4 Å². The molecule has 2 aromatic rings. The summed E-state index contributed by atoms with van der Waals surface area (Å²) in [7, 11) is 1.62. The fourth-order valence-corrected chi connectivity index (χ4v) is 3.41. The summed E-state index contributed by atoms with van der Waals surface area (Å²) in [5, 5.41) is 0. The number of benzene rings is 1. The molecule has 0 N–H and O–H groups in total. The van der Waals surface area contributed by atoms with E-state index in [-0.39, 0.29) is 5.91 Å². The monoisotopic (exact) mass is 341 g/mol. The number of nitrogens with zero attached hydrogens (tertiary/aromatic N) is 3. The molecular weight excluding hydrogens is 314 g/mol. The molecule has 5 nitrogen and oxygen atoms in total. The van der Waals surface area contributed by atoms with Gasteiger partial charge in [-0.15, -0.1) is 0 Å². The van der Waals surface area contributed by atoms with Crippen molar-refractivity contribution in [3.05, 3.63) is 53.3 Å². The van der Waals surface area contributed by atoms with Gasteiger partial charge in [-0.25, -0.2) is 0 Å². The van der Waals surface area contributed by atoms with E-state index in [2.05, 4.69) is 35.4 Å². The Morgan fingerprint density at radius 2 is 1.68 bits per heavy atom. The fraction of sp³-hybridized carbons (Fsp3) is 0.450. The molecule has 0 unspecified atom stereocenters. The smallest absolute Gasteiger partial charge is 0.254 e. The Bertz CT molecular complexity index is 711. The first kappa shape index (κ1) is 17.5. The van der Waals surface area contributed by atoms with Gasteiger partial charge in [0.1, 0.15) is 5.75 Å². The Kier molecular flexibility index (Phi) is 5.43. The van der Waals surface area contributed by atoms with Crippen molar-refractivity contribution < 1.29 is 9.53 Å². The zero-order valence-corrected chi connectivity index (χ0v) is 15.4. The summed E-state index contributed by atoms with van der Waals surface area (Å²) in [6.07, 6.45) is 0. The van der Waals surface area contributed by atoms with Crippen molar-refractivity contribution >= 4 is 5.91 Å². The third-order valence-electron chi connectivity index (χ3n) is 5.03. The summed E-state index contributed by atoms with van der Waals surface area (Å²) in [6, 6.07) is 11.7. The lowest BCUT2D eigenvalue weighted by Crippen LogP contribution is -2.49. The van der Waals surface area contributed by atoms with Crippen LogP contribution in [0.25, 0.3) is 0 Å². The summed E-state index contributed by atoms with van der Waals surface area (Å²) in [4.78, 5) is 17.0. The van der Waals surface area contributed by atoms with E-state index in [0.717, 1.165) is 45.0 Å². The summed E-state index contributed by atoms with van der Waals surface area (Å²) < 4.78 is 7.57. The molecule has 0 radical (unpaired) electrons. The highest BCUT2D eigenvalue weighted by Gasteiger charge is 2.22. The third kappa shape index (κ3) is 4.04. The molecule has 0 aliphatic carbocycles. The number of carbonyl (C=O) groups is 1. The molecule has 1 saturated heterocycles. The normalized spacial score (nSPS) is 15.4. The Morgan fingerprint density at radius 3 is 2.32 bits per heavy atom. The summed E-state index contributed by atoms with van der Waals surface area (Å²) in [5.41, 5.74) is 3.32. The van der Waals surface area contributed by atoms with Crippen LogP contribution in [0.3, 0.4) is 0 Å². The molecule has 0 spiro atoms. The van der Waals surface area contributed by atoms with Gasteiger partial charge >= 0.3 is 0 Å². The van der Waals surface area contributed by atoms with Crippen LogP contribution in [0.5, 0.6) is 5.75 Å². The molecule has 2 heterocycles. The molecule has 1 aliphatic heterocycles. The molecule has 3 rings (SSSR count). The molecule has 1 fully saturated rings. The highest BCUT2D eigenvalue weighted by atomic mass is 16.5. The van der Waals surface area contributed by atoms with E-state index in [1.165, 1.54) is 11.4 Å². The Hall–Kier alpha value is -2.27. The lowest BCUT2D eigenvalue weighted by Gasteiger charge is -2.35. The van der Waals surface area contributed by atoms with Gasteiger partial charge in [0.05, 0.1) is 7.11 Å². The molecule has 0 atom stereocenters. The lowest BCUT2D eigenvalue weighted by molar-refractivity contribution is 0.0632. The van der Waals surface area contributed by atoms with Gasteiger partial charge in [0.2, 0.25) is 0 Å². The predicted molar refractivity (Wildman–Crippen MR) is 99.2 cm³/mol. The van der Waals surface area contributed by atoms with Crippen molar-refractivity contribution in [2.75, 3.05) is 39.8 Å². The summed E-state index contributed by atoms with van der Waals surface area (Å²) in [6.45, 7) is 9.74. The van der Waals surface area contributed by atoms with Crippen molar-refractivity contribution in [1.82, 2.24) is 14.4 Å². The maximum atomic E-state index is 12.7. The van der Waals surface area contributed by atoms with Crippen LogP contribution in [-0.4, -0.2) is 60.1 Å². The van der Waals surface area contributed by atoms with E-state index in [0.29, 0.717) is 5.56 Å². The van der Waals surface area contributed by atoms with Crippen molar-refractivity contribution in [2.24, 2.45) is 0 Å². The van der Waals surface area contributed by atoms with Crippen LogP contribution in [0, 0.1) is 13.8 Å². The van der Waals surface area contributed by atoms with E-state index in [9.17, 15) is 4.79 Å². The van der Waals surface area contributed by atoms with Gasteiger partial charge in [-0.05, 0) is 44.2 Å². The second kappa shape index (κ2) is 7.74. The first-order valence-corrected chi connectivity index (χ1v) is 8.87. The van der Waals surface area contributed by atoms with Crippen molar-refractivity contribution in [3.8, 4) is 5.75 Å². The molecule has 1 aromatic heterocycles. The van der Waals surface area contributed by atoms with Crippen LogP contribution in [0.4, 0.5) is 0 Å². The minimum atomic E-state index is 0.0932. The van der Waals surface area contributed by atoms with Crippen LogP contribution >= 0.6 is 0 Å². The largest absolute Gasteiger partial charge is 0.497 e. The minimum absolute atomic E-state index is 0.0932. The number of amides is 1.